The maximum Gasteiger partial charge on any atom is 0.312 e. The fourth-order valence-electron chi connectivity index (χ4n) is 2.27. The van der Waals surface area contributed by atoms with Crippen LogP contribution in [0, 0.1) is 0 Å². The summed E-state index contributed by atoms with van der Waals surface area (Å²) in [4.78, 5) is 17.0. The van der Waals surface area contributed by atoms with Gasteiger partial charge in [0.25, 0.3) is 0 Å². The number of carboxylic acid groups (broad SMARTS) is 1. The summed E-state index contributed by atoms with van der Waals surface area (Å²) in [5.74, 6) is -1.19. The summed E-state index contributed by atoms with van der Waals surface area (Å²) in [6, 6.07) is 0. The molecule has 1 aromatic rings. The predicted octanol–water partition coefficient (Wildman–Crippen LogP) is 2.92. The number of rotatable bonds is 4. The molecule has 0 bridgehead atoms. The first kappa shape index (κ1) is 13.5. The number of fused-ring (bicyclic) bond motifs is 1. The number of nitrogens with zero attached hydrogens (tertiary/aromatic N) is 1. The molecule has 0 saturated carbocycles. The molecule has 2 rings (SSSR count). The van der Waals surface area contributed by atoms with Gasteiger partial charge in [0.2, 0.25) is 0 Å². The quantitative estimate of drug-likeness (QED) is 0.913. The lowest BCUT2D eigenvalue weighted by Crippen LogP contribution is -2.23. The van der Waals surface area contributed by atoms with Crippen molar-refractivity contribution in [2.75, 3.05) is 7.11 Å². The van der Waals surface area contributed by atoms with E-state index in [1.165, 1.54) is 0 Å². The van der Waals surface area contributed by atoms with Crippen molar-refractivity contribution in [3.63, 3.8) is 0 Å². The van der Waals surface area contributed by atoms with E-state index in [1.54, 1.807) is 18.4 Å². The number of hydrogen-bond donors (Lipinski definition) is 1. The number of aryl methyl sites for hydroxylation is 1. The number of thiazole rings is 1. The third kappa shape index (κ3) is 2.17. The second-order valence-corrected chi connectivity index (χ2v) is 5.98. The van der Waals surface area contributed by atoms with Gasteiger partial charge in [-0.25, -0.2) is 4.98 Å². The molecule has 0 fully saturated rings. The lowest BCUT2D eigenvalue weighted by molar-refractivity contribution is -0.139. The highest BCUT2D eigenvalue weighted by Crippen LogP contribution is 2.40. The van der Waals surface area contributed by atoms with E-state index in [-0.39, 0.29) is 0 Å². The van der Waals surface area contributed by atoms with Crippen LogP contribution in [0.5, 0.6) is 0 Å². The zero-order valence-electron chi connectivity index (χ0n) is 11.0. The minimum Gasteiger partial charge on any atom is -0.481 e. The average Bonchev–Trinajstić information content (AvgIpc) is 2.81. The van der Waals surface area contributed by atoms with E-state index in [2.05, 4.69) is 11.9 Å². The Bertz CT molecular complexity index is 451. The maximum absolute atomic E-state index is 11.2. The SMILES string of the molecule is CCC(C)(OC)c1nc2c(s1)CCCC2C(=O)O. The second-order valence-electron chi connectivity index (χ2n) is 4.90. The molecule has 0 saturated heterocycles. The van der Waals surface area contributed by atoms with Gasteiger partial charge in [0.15, 0.2) is 0 Å². The Hall–Kier alpha value is -0.940. The van der Waals surface area contributed by atoms with Gasteiger partial charge >= 0.3 is 5.97 Å². The molecule has 0 radical (unpaired) electrons. The molecule has 4 nitrogen and oxygen atoms in total. The highest BCUT2D eigenvalue weighted by Gasteiger charge is 2.34. The molecule has 2 unspecified atom stereocenters. The van der Waals surface area contributed by atoms with Crippen LogP contribution in [0.4, 0.5) is 0 Å². The molecular weight excluding hydrogens is 250 g/mol. The first-order valence-electron chi connectivity index (χ1n) is 6.30. The topological polar surface area (TPSA) is 59.4 Å². The Kier molecular flexibility index (Phi) is 3.73. The zero-order valence-corrected chi connectivity index (χ0v) is 11.8. The number of aromatic nitrogens is 1. The Morgan fingerprint density at radius 2 is 2.39 bits per heavy atom. The Labute approximate surface area is 111 Å². The summed E-state index contributed by atoms with van der Waals surface area (Å²) < 4.78 is 5.55. The fraction of sp³-hybridized carbons (Fsp3) is 0.692. The standard InChI is InChI=1S/C13H19NO3S/c1-4-13(2,17-3)12-14-10-8(11(15)16)6-5-7-9(10)18-12/h8H,4-7H2,1-3H3,(H,15,16). The van der Waals surface area contributed by atoms with Crippen molar-refractivity contribution >= 4 is 17.3 Å². The molecule has 1 aliphatic rings. The molecule has 0 aromatic carbocycles. The average molecular weight is 269 g/mol. The molecule has 1 aromatic heterocycles. The van der Waals surface area contributed by atoms with Crippen LogP contribution in [0.2, 0.25) is 0 Å². The molecule has 18 heavy (non-hydrogen) atoms. The second kappa shape index (κ2) is 4.97. The molecule has 5 heteroatoms. The van der Waals surface area contributed by atoms with E-state index in [0.717, 1.165) is 34.8 Å². The van der Waals surface area contributed by atoms with E-state index < -0.39 is 17.5 Å². The van der Waals surface area contributed by atoms with Gasteiger partial charge in [-0.15, -0.1) is 11.3 Å². The van der Waals surface area contributed by atoms with Crippen molar-refractivity contribution in [3.05, 3.63) is 15.6 Å². The van der Waals surface area contributed by atoms with Crippen LogP contribution in [0.15, 0.2) is 0 Å². The fourth-order valence-corrected chi connectivity index (χ4v) is 3.63. The van der Waals surface area contributed by atoms with E-state index in [4.69, 9.17) is 4.74 Å². The van der Waals surface area contributed by atoms with Gasteiger partial charge in [-0.3, -0.25) is 4.79 Å². The first-order chi connectivity index (χ1) is 8.51. The molecule has 2 atom stereocenters. The van der Waals surface area contributed by atoms with Crippen LogP contribution in [-0.4, -0.2) is 23.2 Å². The number of ether oxygens (including phenoxy) is 1. The zero-order chi connectivity index (χ0) is 13.3. The number of hydrogen-bond acceptors (Lipinski definition) is 4. The Morgan fingerprint density at radius 3 is 2.94 bits per heavy atom. The van der Waals surface area contributed by atoms with Crippen molar-refractivity contribution < 1.29 is 14.6 Å². The molecule has 0 aliphatic heterocycles. The normalized spacial score (nSPS) is 22.3. The summed E-state index contributed by atoms with van der Waals surface area (Å²) in [6.45, 7) is 4.06. The minimum absolute atomic E-state index is 0.398. The van der Waals surface area contributed by atoms with Gasteiger partial charge in [-0.05, 0) is 32.6 Å². The van der Waals surface area contributed by atoms with Crippen LogP contribution in [0.3, 0.4) is 0 Å². The third-order valence-corrected chi connectivity index (χ3v) is 5.21. The van der Waals surface area contributed by atoms with Crippen LogP contribution in [0.25, 0.3) is 0 Å². The number of aliphatic carboxylic acids is 1. The van der Waals surface area contributed by atoms with Crippen molar-refractivity contribution in [1.82, 2.24) is 4.98 Å². The highest BCUT2D eigenvalue weighted by atomic mass is 32.1. The lowest BCUT2D eigenvalue weighted by atomic mass is 9.91. The van der Waals surface area contributed by atoms with Crippen molar-refractivity contribution in [1.29, 1.82) is 0 Å². The number of methoxy groups -OCH3 is 1. The molecular formula is C13H19NO3S. The monoisotopic (exact) mass is 269 g/mol. The Balaban J connectivity index is 2.41. The van der Waals surface area contributed by atoms with Crippen molar-refractivity contribution in [3.8, 4) is 0 Å². The van der Waals surface area contributed by atoms with Gasteiger partial charge in [-0.1, -0.05) is 6.92 Å². The predicted molar refractivity (Wildman–Crippen MR) is 70.1 cm³/mol. The van der Waals surface area contributed by atoms with Gasteiger partial charge in [-0.2, -0.15) is 0 Å². The van der Waals surface area contributed by atoms with E-state index in [9.17, 15) is 9.90 Å². The van der Waals surface area contributed by atoms with Gasteiger partial charge < -0.3 is 9.84 Å². The van der Waals surface area contributed by atoms with Gasteiger partial charge in [0.1, 0.15) is 10.6 Å². The van der Waals surface area contributed by atoms with Crippen molar-refractivity contribution in [2.24, 2.45) is 0 Å². The van der Waals surface area contributed by atoms with Crippen LogP contribution < -0.4 is 0 Å². The lowest BCUT2D eigenvalue weighted by Gasteiger charge is -2.23. The molecule has 0 amide bonds. The summed E-state index contributed by atoms with van der Waals surface area (Å²) in [5, 5.41) is 10.2. The molecule has 0 spiro atoms. The van der Waals surface area contributed by atoms with E-state index >= 15 is 0 Å². The van der Waals surface area contributed by atoms with Crippen LogP contribution in [0.1, 0.15) is 54.6 Å². The van der Waals surface area contributed by atoms with Crippen molar-refractivity contribution in [2.45, 2.75) is 51.0 Å². The maximum atomic E-state index is 11.2. The molecule has 1 N–H and O–H groups in total. The van der Waals surface area contributed by atoms with E-state index in [1.807, 2.05) is 6.92 Å². The largest absolute Gasteiger partial charge is 0.481 e. The van der Waals surface area contributed by atoms with Gasteiger partial charge in [0, 0.05) is 12.0 Å². The van der Waals surface area contributed by atoms with Gasteiger partial charge in [0.05, 0.1) is 11.6 Å². The van der Waals surface area contributed by atoms with Crippen LogP contribution in [-0.2, 0) is 21.6 Å². The smallest absolute Gasteiger partial charge is 0.312 e. The molecule has 1 heterocycles. The summed E-state index contributed by atoms with van der Waals surface area (Å²) in [6.07, 6.45) is 3.40. The highest BCUT2D eigenvalue weighted by molar-refractivity contribution is 7.11. The summed E-state index contributed by atoms with van der Waals surface area (Å²) in [7, 11) is 1.68. The summed E-state index contributed by atoms with van der Waals surface area (Å²) >= 11 is 1.61. The number of carboxylic acids is 1. The Morgan fingerprint density at radius 1 is 1.67 bits per heavy atom. The third-order valence-electron chi connectivity index (χ3n) is 3.83. The van der Waals surface area contributed by atoms with Crippen LogP contribution >= 0.6 is 11.3 Å². The minimum atomic E-state index is -0.761. The van der Waals surface area contributed by atoms with E-state index in [0.29, 0.717) is 6.42 Å². The molecule has 1 aliphatic carbocycles. The molecule has 100 valence electrons. The summed E-state index contributed by atoms with van der Waals surface area (Å²) in [5.41, 5.74) is 0.371. The number of carbonyl (C=O) groups is 1. The first-order valence-corrected chi connectivity index (χ1v) is 7.11.